The fourth-order valence-electron chi connectivity index (χ4n) is 2.29. The number of benzene rings is 1. The van der Waals surface area contributed by atoms with E-state index in [1.165, 1.54) is 19.2 Å². The Morgan fingerprint density at radius 2 is 2.07 bits per heavy atom. The minimum atomic E-state index is -0.471. The predicted octanol–water partition coefficient (Wildman–Crippen LogP) is 1.77. The highest BCUT2D eigenvalue weighted by Gasteiger charge is 2.21. The third-order valence-corrected chi connectivity index (χ3v) is 3.88. The summed E-state index contributed by atoms with van der Waals surface area (Å²) in [4.78, 5) is 14.2. The molecule has 148 valence electrons. The Balaban J connectivity index is 3.05. The second-order valence-electron chi connectivity index (χ2n) is 5.95. The first-order valence-electron chi connectivity index (χ1n) is 8.95. The number of halogens is 1. The molecule has 0 heterocycles. The molecule has 1 aromatic carbocycles. The number of rotatable bonds is 8. The van der Waals surface area contributed by atoms with Gasteiger partial charge >= 0.3 is 0 Å². The normalized spacial score (nSPS) is 12.2. The Kier molecular flexibility index (Phi) is 9.00. The summed E-state index contributed by atoms with van der Waals surface area (Å²) in [5, 5.41) is 5.81. The monoisotopic (exact) mass is 376 g/mol. The van der Waals surface area contributed by atoms with Crippen molar-refractivity contribution in [1.82, 2.24) is 15.5 Å². The van der Waals surface area contributed by atoms with Gasteiger partial charge in [-0.15, -0.1) is 0 Å². The van der Waals surface area contributed by atoms with E-state index in [0.29, 0.717) is 24.4 Å². The van der Waals surface area contributed by atoms with Gasteiger partial charge in [0, 0.05) is 25.7 Å². The van der Waals surface area contributed by atoms with Crippen LogP contribution in [-0.2, 0) is 4.79 Å². The Morgan fingerprint density at radius 3 is 2.63 bits per heavy atom. The van der Waals surface area contributed by atoms with E-state index in [4.69, 9.17) is 10.5 Å². The molecule has 0 saturated heterocycles. The average Bonchev–Trinajstić information content (AvgIpc) is 2.64. The number of hydrogen-bond donors (Lipinski definition) is 3. The van der Waals surface area contributed by atoms with Crippen LogP contribution in [0.5, 0.6) is 5.75 Å². The number of amides is 1. The van der Waals surface area contributed by atoms with E-state index in [9.17, 15) is 9.18 Å². The summed E-state index contributed by atoms with van der Waals surface area (Å²) in [5.74, 6) is 5.67. The molecule has 1 atom stereocenters. The number of hydrogen-bond acceptors (Lipinski definition) is 5. The van der Waals surface area contributed by atoms with Crippen molar-refractivity contribution in [2.75, 3.05) is 27.2 Å². The predicted molar refractivity (Wildman–Crippen MR) is 105 cm³/mol. The second-order valence-corrected chi connectivity index (χ2v) is 5.95. The molecule has 0 aliphatic rings. The van der Waals surface area contributed by atoms with Crippen molar-refractivity contribution >= 4 is 5.91 Å². The van der Waals surface area contributed by atoms with E-state index in [0.717, 1.165) is 6.42 Å². The summed E-state index contributed by atoms with van der Waals surface area (Å²) in [5.41, 5.74) is 6.90. The minimum absolute atomic E-state index is 0.168. The van der Waals surface area contributed by atoms with Crippen molar-refractivity contribution in [2.45, 2.75) is 33.2 Å². The van der Waals surface area contributed by atoms with Crippen molar-refractivity contribution < 1.29 is 13.9 Å². The van der Waals surface area contributed by atoms with Gasteiger partial charge in [0.2, 0.25) is 0 Å². The first-order valence-corrected chi connectivity index (χ1v) is 8.95. The number of ether oxygens (including phenoxy) is 1. The summed E-state index contributed by atoms with van der Waals surface area (Å²) in [7, 11) is 3.16. The van der Waals surface area contributed by atoms with Gasteiger partial charge in [-0.2, -0.15) is 0 Å². The zero-order valence-corrected chi connectivity index (χ0v) is 16.6. The van der Waals surface area contributed by atoms with Crippen LogP contribution in [-0.4, -0.2) is 44.1 Å². The van der Waals surface area contributed by atoms with Crippen LogP contribution in [0.1, 0.15) is 32.8 Å². The van der Waals surface area contributed by atoms with Crippen molar-refractivity contribution in [3.8, 4) is 17.6 Å². The van der Waals surface area contributed by atoms with Crippen LogP contribution in [0.2, 0.25) is 0 Å². The van der Waals surface area contributed by atoms with Gasteiger partial charge in [-0.05, 0) is 38.5 Å². The van der Waals surface area contributed by atoms with Crippen LogP contribution in [0.4, 0.5) is 4.39 Å². The second kappa shape index (κ2) is 11.0. The average molecular weight is 376 g/mol. The van der Waals surface area contributed by atoms with Crippen LogP contribution in [0.3, 0.4) is 0 Å². The zero-order valence-electron chi connectivity index (χ0n) is 16.6. The molecule has 0 spiro atoms. The molecule has 0 bridgehead atoms. The van der Waals surface area contributed by atoms with Gasteiger partial charge in [-0.1, -0.05) is 18.8 Å². The minimum Gasteiger partial charge on any atom is -0.494 e. The third kappa shape index (κ3) is 6.41. The third-order valence-electron chi connectivity index (χ3n) is 3.88. The number of likely N-dealkylation sites (N-methyl/N-ethyl adjacent to an activating group) is 1. The van der Waals surface area contributed by atoms with Gasteiger partial charge < -0.3 is 26.0 Å². The largest absolute Gasteiger partial charge is 0.494 e. The topological polar surface area (TPSA) is 79.6 Å². The van der Waals surface area contributed by atoms with Crippen LogP contribution >= 0.6 is 0 Å². The van der Waals surface area contributed by atoms with Crippen LogP contribution in [0, 0.1) is 17.7 Å². The molecule has 0 radical (unpaired) electrons. The molecular weight excluding hydrogens is 347 g/mol. The Hall–Kier alpha value is -2.88. The molecule has 1 aromatic rings. The van der Waals surface area contributed by atoms with Crippen LogP contribution in [0.25, 0.3) is 0 Å². The van der Waals surface area contributed by atoms with Gasteiger partial charge in [-0.3, -0.25) is 4.79 Å². The van der Waals surface area contributed by atoms with Gasteiger partial charge in [0.15, 0.2) is 11.6 Å². The van der Waals surface area contributed by atoms with Gasteiger partial charge in [0.05, 0.1) is 13.2 Å². The fourth-order valence-corrected chi connectivity index (χ4v) is 2.29. The maximum atomic E-state index is 13.8. The lowest BCUT2D eigenvalue weighted by molar-refractivity contribution is -0.119. The molecule has 0 fully saturated rings. The molecule has 1 rings (SSSR count). The zero-order chi connectivity index (χ0) is 20.4. The summed E-state index contributed by atoms with van der Waals surface area (Å²) >= 11 is 0. The highest BCUT2D eigenvalue weighted by Crippen LogP contribution is 2.17. The summed E-state index contributed by atoms with van der Waals surface area (Å²) in [6.07, 6.45) is 0.822. The van der Waals surface area contributed by atoms with Crippen molar-refractivity contribution in [3.63, 3.8) is 0 Å². The molecule has 6 nitrogen and oxygen atoms in total. The molecule has 7 heteroatoms. The number of nitrogens with zero attached hydrogens (tertiary/aromatic N) is 1. The Bertz CT molecular complexity index is 737. The molecule has 0 saturated carbocycles. The van der Waals surface area contributed by atoms with Crippen molar-refractivity contribution in [3.05, 3.63) is 41.1 Å². The molecule has 1 amide bonds. The molecule has 4 N–H and O–H groups in total. The quantitative estimate of drug-likeness (QED) is 0.476. The maximum absolute atomic E-state index is 13.8. The standard InChI is InChI=1S/C20H29FN4O2/c1-6-12-24-20(26)18(19(22)23-7-2)25(4)14(3)8-9-15-10-11-17(27-5)16(21)13-15/h10-11,13-14,23H,6-7,12,22H2,1-5H3,(H,24,26)/b19-18+. The van der Waals surface area contributed by atoms with Crippen molar-refractivity contribution in [1.29, 1.82) is 0 Å². The number of methoxy groups -OCH3 is 1. The van der Waals surface area contributed by atoms with Crippen LogP contribution < -0.4 is 21.1 Å². The molecular formula is C20H29FN4O2. The number of carbonyl (C=O) groups is 1. The van der Waals surface area contributed by atoms with Gasteiger partial charge in [0.25, 0.3) is 5.91 Å². The Labute approximate surface area is 160 Å². The summed E-state index contributed by atoms with van der Waals surface area (Å²) < 4.78 is 18.7. The van der Waals surface area contributed by atoms with Gasteiger partial charge in [0.1, 0.15) is 11.5 Å². The lowest BCUT2D eigenvalue weighted by Gasteiger charge is -2.27. The highest BCUT2D eigenvalue weighted by molar-refractivity contribution is 5.93. The maximum Gasteiger partial charge on any atom is 0.271 e. The summed E-state index contributed by atoms with van der Waals surface area (Å²) in [6, 6.07) is 4.20. The SMILES string of the molecule is CCCNC(=O)/C(=C(/N)NCC)N(C)C(C)C#Cc1ccc(OC)c(F)c1. The number of nitrogens with two attached hydrogens (primary N) is 1. The Morgan fingerprint density at radius 1 is 1.37 bits per heavy atom. The van der Waals surface area contributed by atoms with Crippen molar-refractivity contribution in [2.24, 2.45) is 5.73 Å². The molecule has 1 unspecified atom stereocenters. The van der Waals surface area contributed by atoms with E-state index < -0.39 is 5.82 Å². The van der Waals surface area contributed by atoms with E-state index in [1.807, 2.05) is 20.8 Å². The lowest BCUT2D eigenvalue weighted by Crippen LogP contribution is -2.41. The number of nitrogens with one attached hydrogen (secondary N) is 2. The first-order chi connectivity index (χ1) is 12.8. The van der Waals surface area contributed by atoms with Gasteiger partial charge in [-0.25, -0.2) is 4.39 Å². The summed E-state index contributed by atoms with van der Waals surface area (Å²) in [6.45, 7) is 6.87. The molecule has 0 aliphatic carbocycles. The first kappa shape index (κ1) is 22.2. The molecule has 0 aromatic heterocycles. The lowest BCUT2D eigenvalue weighted by atomic mass is 10.2. The highest BCUT2D eigenvalue weighted by atomic mass is 19.1. The van der Waals surface area contributed by atoms with E-state index >= 15 is 0 Å². The number of carbonyl (C=O) groups excluding carboxylic acids is 1. The van der Waals surface area contributed by atoms with E-state index in [2.05, 4.69) is 22.5 Å². The molecule has 0 aliphatic heterocycles. The smallest absolute Gasteiger partial charge is 0.271 e. The van der Waals surface area contributed by atoms with E-state index in [1.54, 1.807) is 18.0 Å². The van der Waals surface area contributed by atoms with Crippen LogP contribution in [0.15, 0.2) is 29.7 Å². The molecule has 27 heavy (non-hydrogen) atoms. The fraction of sp³-hybridized carbons (Fsp3) is 0.450. The van der Waals surface area contributed by atoms with E-state index in [-0.39, 0.29) is 23.5 Å².